The summed E-state index contributed by atoms with van der Waals surface area (Å²) in [4.78, 5) is 14.2. The third-order valence-corrected chi connectivity index (χ3v) is 3.82. The molecule has 0 aliphatic carbocycles. The number of carbonyl (C=O) groups is 1. The molecule has 1 aromatic carbocycles. The first-order valence-corrected chi connectivity index (χ1v) is 7.51. The fraction of sp³-hybridized carbons (Fsp3) is 0.375. The number of hydrogen-bond acceptors (Lipinski definition) is 3. The molecule has 1 aromatic heterocycles. The summed E-state index contributed by atoms with van der Waals surface area (Å²) in [5.74, 6) is -1.69. The lowest BCUT2D eigenvalue weighted by atomic mass is 10.1. The summed E-state index contributed by atoms with van der Waals surface area (Å²) in [5.41, 5.74) is -0.109. The van der Waals surface area contributed by atoms with Gasteiger partial charge in [-0.15, -0.1) is 0 Å². The smallest absolute Gasteiger partial charge is 0.274 e. The minimum Gasteiger partial charge on any atom is -0.334 e. The van der Waals surface area contributed by atoms with Crippen molar-refractivity contribution in [3.63, 3.8) is 0 Å². The molecule has 1 aliphatic rings. The van der Waals surface area contributed by atoms with Crippen LogP contribution in [0.3, 0.4) is 0 Å². The van der Waals surface area contributed by atoms with Gasteiger partial charge in [0.2, 0.25) is 0 Å². The van der Waals surface area contributed by atoms with E-state index in [-0.39, 0.29) is 29.4 Å². The Bertz CT molecular complexity index is 700. The maximum atomic E-state index is 13.8. The quantitative estimate of drug-likeness (QED) is 0.920. The maximum Gasteiger partial charge on any atom is 0.274 e. The Morgan fingerprint density at radius 3 is 2.39 bits per heavy atom. The summed E-state index contributed by atoms with van der Waals surface area (Å²) in [6.45, 7) is 5.15. The normalized spacial score (nSPS) is 21.5. The second-order valence-electron chi connectivity index (χ2n) is 5.89. The van der Waals surface area contributed by atoms with Crippen LogP contribution in [0.4, 0.5) is 8.78 Å². The number of para-hydroxylation sites is 1. The summed E-state index contributed by atoms with van der Waals surface area (Å²) >= 11 is 0. The summed E-state index contributed by atoms with van der Waals surface area (Å²) in [6.07, 6.45) is 1.39. The van der Waals surface area contributed by atoms with E-state index in [4.69, 9.17) is 0 Å². The molecule has 23 heavy (non-hydrogen) atoms. The summed E-state index contributed by atoms with van der Waals surface area (Å²) in [7, 11) is 0. The van der Waals surface area contributed by atoms with E-state index < -0.39 is 11.6 Å². The van der Waals surface area contributed by atoms with Crippen LogP contribution >= 0.6 is 0 Å². The number of halogens is 2. The van der Waals surface area contributed by atoms with Gasteiger partial charge >= 0.3 is 0 Å². The first-order valence-electron chi connectivity index (χ1n) is 7.51. The van der Waals surface area contributed by atoms with Crippen LogP contribution in [0.1, 0.15) is 24.3 Å². The van der Waals surface area contributed by atoms with E-state index in [1.54, 1.807) is 4.90 Å². The second kappa shape index (κ2) is 6.08. The number of hydrogen-bond donors (Lipinski definition) is 1. The Balaban J connectivity index is 1.86. The molecule has 0 radical (unpaired) electrons. The van der Waals surface area contributed by atoms with Crippen LogP contribution in [0.5, 0.6) is 0 Å². The molecular weight excluding hydrogens is 302 g/mol. The predicted octanol–water partition coefficient (Wildman–Crippen LogP) is 1.97. The van der Waals surface area contributed by atoms with Gasteiger partial charge in [-0.25, -0.2) is 13.5 Å². The standard InChI is InChI=1S/C16H18F2N4O/c1-10-8-21(9-11(2)19-10)16(23)14-6-7-22(20-14)15-12(17)4-3-5-13(15)18/h3-7,10-11,19H,8-9H2,1-2H3. The van der Waals surface area contributed by atoms with E-state index in [0.29, 0.717) is 13.1 Å². The molecule has 2 aromatic rings. The van der Waals surface area contributed by atoms with Crippen LogP contribution in [0.15, 0.2) is 30.5 Å². The fourth-order valence-electron chi connectivity index (χ4n) is 2.93. The van der Waals surface area contributed by atoms with Gasteiger partial charge in [0, 0.05) is 31.4 Å². The number of nitrogens with zero attached hydrogens (tertiary/aromatic N) is 3. The van der Waals surface area contributed by atoms with Crippen molar-refractivity contribution < 1.29 is 13.6 Å². The van der Waals surface area contributed by atoms with Gasteiger partial charge in [-0.05, 0) is 32.0 Å². The largest absolute Gasteiger partial charge is 0.334 e. The molecule has 0 spiro atoms. The first kappa shape index (κ1) is 15.6. The molecule has 122 valence electrons. The van der Waals surface area contributed by atoms with Crippen LogP contribution < -0.4 is 5.32 Å². The lowest BCUT2D eigenvalue weighted by Gasteiger charge is -2.35. The highest BCUT2D eigenvalue weighted by Crippen LogP contribution is 2.17. The monoisotopic (exact) mass is 320 g/mol. The van der Waals surface area contributed by atoms with E-state index in [1.807, 2.05) is 13.8 Å². The number of amides is 1. The Hall–Kier alpha value is -2.28. The molecule has 5 nitrogen and oxygen atoms in total. The van der Waals surface area contributed by atoms with Crippen LogP contribution in [0.2, 0.25) is 0 Å². The molecule has 1 amide bonds. The predicted molar refractivity (Wildman–Crippen MR) is 81.4 cm³/mol. The summed E-state index contributed by atoms with van der Waals surface area (Å²) in [6, 6.07) is 5.45. The molecule has 0 bridgehead atoms. The first-order chi connectivity index (χ1) is 11.0. The van der Waals surface area contributed by atoms with Gasteiger partial charge < -0.3 is 10.2 Å². The molecule has 1 fully saturated rings. The molecule has 0 saturated carbocycles. The number of carbonyl (C=O) groups excluding carboxylic acids is 1. The molecule has 3 rings (SSSR count). The fourth-order valence-corrected chi connectivity index (χ4v) is 2.93. The molecule has 1 N–H and O–H groups in total. The lowest BCUT2D eigenvalue weighted by molar-refractivity contribution is 0.0667. The van der Waals surface area contributed by atoms with E-state index in [9.17, 15) is 13.6 Å². The zero-order chi connectivity index (χ0) is 16.6. The summed E-state index contributed by atoms with van der Waals surface area (Å²) < 4.78 is 28.7. The van der Waals surface area contributed by atoms with Crippen molar-refractivity contribution in [1.82, 2.24) is 20.0 Å². The minimum absolute atomic E-state index is 0.175. The maximum absolute atomic E-state index is 13.8. The van der Waals surface area contributed by atoms with Gasteiger partial charge in [0.25, 0.3) is 5.91 Å². The van der Waals surface area contributed by atoms with Crippen molar-refractivity contribution >= 4 is 5.91 Å². The topological polar surface area (TPSA) is 50.2 Å². The third kappa shape index (κ3) is 3.10. The third-order valence-electron chi connectivity index (χ3n) is 3.82. The number of nitrogens with one attached hydrogen (secondary N) is 1. The van der Waals surface area contributed by atoms with Gasteiger partial charge in [0.1, 0.15) is 5.69 Å². The van der Waals surface area contributed by atoms with Crippen LogP contribution in [0.25, 0.3) is 5.69 Å². The molecular formula is C16H18F2N4O. The Kier molecular flexibility index (Phi) is 4.12. The van der Waals surface area contributed by atoms with Crippen molar-refractivity contribution in [3.05, 3.63) is 47.8 Å². The number of piperazine rings is 1. The van der Waals surface area contributed by atoms with E-state index in [2.05, 4.69) is 10.4 Å². The zero-order valence-electron chi connectivity index (χ0n) is 13.0. The zero-order valence-corrected chi connectivity index (χ0v) is 13.0. The van der Waals surface area contributed by atoms with E-state index in [1.165, 1.54) is 18.3 Å². The number of rotatable bonds is 2. The lowest BCUT2D eigenvalue weighted by Crippen LogP contribution is -2.55. The van der Waals surface area contributed by atoms with Gasteiger partial charge in [-0.2, -0.15) is 5.10 Å². The molecule has 1 saturated heterocycles. The SMILES string of the molecule is CC1CN(C(=O)c2ccn(-c3c(F)cccc3F)n2)CC(C)N1. The van der Waals surface area contributed by atoms with Crippen LogP contribution in [-0.2, 0) is 0 Å². The molecule has 2 heterocycles. The van der Waals surface area contributed by atoms with Crippen LogP contribution in [-0.4, -0.2) is 45.8 Å². The van der Waals surface area contributed by atoms with Crippen molar-refractivity contribution in [2.45, 2.75) is 25.9 Å². The average molecular weight is 320 g/mol. The van der Waals surface area contributed by atoms with Gasteiger partial charge in [-0.3, -0.25) is 4.79 Å². The van der Waals surface area contributed by atoms with Gasteiger partial charge in [0.15, 0.2) is 17.3 Å². The highest BCUT2D eigenvalue weighted by molar-refractivity contribution is 5.92. The van der Waals surface area contributed by atoms with Crippen molar-refractivity contribution in [2.75, 3.05) is 13.1 Å². The Morgan fingerprint density at radius 1 is 1.17 bits per heavy atom. The highest BCUT2D eigenvalue weighted by Gasteiger charge is 2.27. The van der Waals surface area contributed by atoms with Crippen molar-refractivity contribution in [3.8, 4) is 5.69 Å². The highest BCUT2D eigenvalue weighted by atomic mass is 19.1. The van der Waals surface area contributed by atoms with Gasteiger partial charge in [0.05, 0.1) is 0 Å². The number of aromatic nitrogens is 2. The van der Waals surface area contributed by atoms with Crippen molar-refractivity contribution in [2.24, 2.45) is 0 Å². The summed E-state index contributed by atoms with van der Waals surface area (Å²) in [5, 5.41) is 7.40. The second-order valence-corrected chi connectivity index (χ2v) is 5.89. The van der Waals surface area contributed by atoms with Crippen LogP contribution in [0, 0.1) is 11.6 Å². The van der Waals surface area contributed by atoms with Gasteiger partial charge in [-0.1, -0.05) is 6.07 Å². The molecule has 7 heteroatoms. The van der Waals surface area contributed by atoms with E-state index >= 15 is 0 Å². The number of benzene rings is 1. The Morgan fingerprint density at radius 2 is 1.78 bits per heavy atom. The molecule has 1 aliphatic heterocycles. The Labute approximate surface area is 132 Å². The van der Waals surface area contributed by atoms with E-state index in [0.717, 1.165) is 16.8 Å². The molecule has 2 atom stereocenters. The minimum atomic E-state index is -0.725. The molecule has 2 unspecified atom stereocenters. The average Bonchev–Trinajstić information content (AvgIpc) is 2.94. The van der Waals surface area contributed by atoms with Crippen molar-refractivity contribution in [1.29, 1.82) is 0 Å².